The van der Waals surface area contributed by atoms with Crippen molar-refractivity contribution >= 4 is 5.91 Å². The van der Waals surface area contributed by atoms with E-state index < -0.39 is 0 Å². The number of benzene rings is 1. The van der Waals surface area contributed by atoms with E-state index in [0.29, 0.717) is 25.1 Å². The third-order valence-electron chi connectivity index (χ3n) is 5.09. The fourth-order valence-electron chi connectivity index (χ4n) is 3.42. The van der Waals surface area contributed by atoms with Crippen LogP contribution >= 0.6 is 0 Å². The minimum absolute atomic E-state index is 0.0849. The lowest BCUT2D eigenvalue weighted by atomic mass is 9.91. The van der Waals surface area contributed by atoms with Gasteiger partial charge in [-0.15, -0.1) is 0 Å². The van der Waals surface area contributed by atoms with Crippen molar-refractivity contribution in [3.8, 4) is 5.75 Å². The minimum Gasteiger partial charge on any atom is -0.507 e. The molecular formula is C21H26N2O3. The molecule has 2 aromatic rings. The van der Waals surface area contributed by atoms with Crippen LogP contribution in [-0.4, -0.2) is 27.4 Å². The zero-order valence-electron chi connectivity index (χ0n) is 15.8. The summed E-state index contributed by atoms with van der Waals surface area (Å²) in [5, 5.41) is 10.7. The van der Waals surface area contributed by atoms with Crippen molar-refractivity contribution in [1.29, 1.82) is 0 Å². The van der Waals surface area contributed by atoms with Crippen molar-refractivity contribution in [2.75, 3.05) is 6.54 Å². The fraction of sp³-hybridized carbons (Fsp3) is 0.429. The summed E-state index contributed by atoms with van der Waals surface area (Å²) in [6.45, 7) is 9.17. The third-order valence-corrected chi connectivity index (χ3v) is 5.09. The molecule has 1 aromatic heterocycles. The summed E-state index contributed by atoms with van der Waals surface area (Å²) in [5.41, 5.74) is 4.05. The van der Waals surface area contributed by atoms with E-state index in [1.165, 1.54) is 0 Å². The van der Waals surface area contributed by atoms with Gasteiger partial charge in [0.1, 0.15) is 5.75 Å². The molecule has 0 radical (unpaired) electrons. The standard InChI is InChI=1S/C21H26N2O3/c1-12(2)15-7-17(13(3)4)20(25)18(8-15)21(26)23-6-5-14-9-19(24)22-10-16(14)11-23/h7-10,12-13,25H,5-6,11H2,1-4H3,(H,22,24). The highest BCUT2D eigenvalue weighted by molar-refractivity contribution is 5.97. The molecule has 1 amide bonds. The molecule has 5 heteroatoms. The summed E-state index contributed by atoms with van der Waals surface area (Å²) in [5.74, 6) is 0.324. The molecule has 1 aliphatic heterocycles. The SMILES string of the molecule is CC(C)c1cc(C(=O)N2CCc3cc(=O)[nH]cc3C2)c(O)c(C(C)C)c1. The maximum Gasteiger partial charge on any atom is 0.257 e. The van der Waals surface area contributed by atoms with Gasteiger partial charge >= 0.3 is 0 Å². The van der Waals surface area contributed by atoms with E-state index in [0.717, 1.165) is 22.3 Å². The Labute approximate surface area is 153 Å². The van der Waals surface area contributed by atoms with Gasteiger partial charge in [0.2, 0.25) is 5.56 Å². The number of nitrogens with one attached hydrogen (secondary N) is 1. The maximum absolute atomic E-state index is 13.1. The van der Waals surface area contributed by atoms with Crippen LogP contribution in [0.5, 0.6) is 5.75 Å². The Morgan fingerprint density at radius 2 is 1.85 bits per heavy atom. The lowest BCUT2D eigenvalue weighted by Gasteiger charge is -2.29. The van der Waals surface area contributed by atoms with Crippen LogP contribution in [0, 0.1) is 0 Å². The Morgan fingerprint density at radius 3 is 2.50 bits per heavy atom. The number of pyridine rings is 1. The monoisotopic (exact) mass is 354 g/mol. The van der Waals surface area contributed by atoms with Gasteiger partial charge in [0.25, 0.3) is 5.91 Å². The second-order valence-corrected chi connectivity index (χ2v) is 7.64. The van der Waals surface area contributed by atoms with E-state index >= 15 is 0 Å². The molecular weight excluding hydrogens is 328 g/mol. The normalized spacial score (nSPS) is 14.0. The van der Waals surface area contributed by atoms with E-state index in [9.17, 15) is 14.7 Å². The summed E-state index contributed by atoms with van der Waals surface area (Å²) in [6.07, 6.45) is 2.33. The summed E-state index contributed by atoms with van der Waals surface area (Å²) < 4.78 is 0. The van der Waals surface area contributed by atoms with Crippen LogP contribution in [0.15, 0.2) is 29.2 Å². The van der Waals surface area contributed by atoms with Gasteiger partial charge in [-0.3, -0.25) is 9.59 Å². The van der Waals surface area contributed by atoms with Crippen LogP contribution < -0.4 is 5.56 Å². The average molecular weight is 354 g/mol. The van der Waals surface area contributed by atoms with Gasteiger partial charge in [0.05, 0.1) is 5.56 Å². The largest absolute Gasteiger partial charge is 0.507 e. The van der Waals surface area contributed by atoms with E-state index in [-0.39, 0.29) is 29.1 Å². The molecule has 0 unspecified atom stereocenters. The predicted octanol–water partition coefficient (Wildman–Crippen LogP) is 3.53. The molecule has 0 bridgehead atoms. The maximum atomic E-state index is 13.1. The number of hydrogen-bond acceptors (Lipinski definition) is 3. The van der Waals surface area contributed by atoms with E-state index in [1.54, 1.807) is 17.2 Å². The topological polar surface area (TPSA) is 73.4 Å². The lowest BCUT2D eigenvalue weighted by molar-refractivity contribution is 0.0731. The molecule has 0 saturated heterocycles. The van der Waals surface area contributed by atoms with Gasteiger partial charge in [0, 0.05) is 25.4 Å². The van der Waals surface area contributed by atoms with Gasteiger partial charge in [-0.25, -0.2) is 0 Å². The van der Waals surface area contributed by atoms with Gasteiger partial charge in [0.15, 0.2) is 0 Å². The number of aromatic hydroxyl groups is 1. The Hall–Kier alpha value is -2.56. The number of aromatic nitrogens is 1. The van der Waals surface area contributed by atoms with Gasteiger partial charge < -0.3 is 15.0 Å². The first kappa shape index (κ1) is 18.2. The smallest absolute Gasteiger partial charge is 0.257 e. The van der Waals surface area contributed by atoms with E-state index in [2.05, 4.69) is 18.8 Å². The van der Waals surface area contributed by atoms with E-state index in [1.807, 2.05) is 26.0 Å². The van der Waals surface area contributed by atoms with Crippen LogP contribution in [0.2, 0.25) is 0 Å². The predicted molar refractivity (Wildman–Crippen MR) is 102 cm³/mol. The number of carbonyl (C=O) groups excluding carboxylic acids is 1. The lowest BCUT2D eigenvalue weighted by Crippen LogP contribution is -2.36. The summed E-state index contributed by atoms with van der Waals surface area (Å²) in [4.78, 5) is 29.0. The number of carbonyl (C=O) groups is 1. The molecule has 0 aliphatic carbocycles. The molecule has 0 saturated carbocycles. The molecule has 26 heavy (non-hydrogen) atoms. The number of phenols is 1. The minimum atomic E-state index is -0.163. The Bertz CT molecular complexity index is 897. The number of H-pyrrole nitrogens is 1. The van der Waals surface area contributed by atoms with Crippen LogP contribution in [0.25, 0.3) is 0 Å². The van der Waals surface area contributed by atoms with Gasteiger partial charge in [-0.05, 0) is 46.6 Å². The quantitative estimate of drug-likeness (QED) is 0.886. The van der Waals surface area contributed by atoms with Crippen LogP contribution in [0.4, 0.5) is 0 Å². The summed E-state index contributed by atoms with van der Waals surface area (Å²) >= 11 is 0. The summed E-state index contributed by atoms with van der Waals surface area (Å²) in [7, 11) is 0. The molecule has 1 aromatic carbocycles. The molecule has 5 nitrogen and oxygen atoms in total. The zero-order valence-corrected chi connectivity index (χ0v) is 15.8. The fourth-order valence-corrected chi connectivity index (χ4v) is 3.42. The highest BCUT2D eigenvalue weighted by Gasteiger charge is 2.26. The first-order valence-electron chi connectivity index (χ1n) is 9.14. The van der Waals surface area contributed by atoms with Crippen molar-refractivity contribution < 1.29 is 9.90 Å². The average Bonchev–Trinajstić information content (AvgIpc) is 2.60. The molecule has 2 heterocycles. The number of fused-ring (bicyclic) bond motifs is 1. The number of rotatable bonds is 3. The highest BCUT2D eigenvalue weighted by atomic mass is 16.3. The second kappa shape index (κ2) is 6.98. The van der Waals surface area contributed by atoms with Crippen molar-refractivity contribution in [3.63, 3.8) is 0 Å². The molecule has 138 valence electrons. The number of amides is 1. The van der Waals surface area contributed by atoms with Crippen molar-refractivity contribution in [3.05, 3.63) is 62.6 Å². The Kier molecular flexibility index (Phi) is 4.90. The summed E-state index contributed by atoms with van der Waals surface area (Å²) in [6, 6.07) is 5.42. The number of hydrogen-bond donors (Lipinski definition) is 2. The van der Waals surface area contributed by atoms with Crippen LogP contribution in [-0.2, 0) is 13.0 Å². The second-order valence-electron chi connectivity index (χ2n) is 7.64. The molecule has 0 spiro atoms. The molecule has 3 rings (SSSR count). The molecule has 2 N–H and O–H groups in total. The Morgan fingerprint density at radius 1 is 1.12 bits per heavy atom. The Balaban J connectivity index is 1.97. The van der Waals surface area contributed by atoms with Crippen molar-refractivity contribution in [1.82, 2.24) is 9.88 Å². The van der Waals surface area contributed by atoms with Gasteiger partial charge in [-0.2, -0.15) is 0 Å². The first-order chi connectivity index (χ1) is 12.3. The van der Waals surface area contributed by atoms with Crippen molar-refractivity contribution in [2.45, 2.75) is 52.5 Å². The zero-order chi connectivity index (χ0) is 19.0. The van der Waals surface area contributed by atoms with Crippen LogP contribution in [0.3, 0.4) is 0 Å². The molecule has 0 fully saturated rings. The van der Waals surface area contributed by atoms with E-state index in [4.69, 9.17) is 0 Å². The first-order valence-corrected chi connectivity index (χ1v) is 9.14. The number of phenolic OH excluding ortho intramolecular Hbond substituents is 1. The third kappa shape index (κ3) is 3.39. The highest BCUT2D eigenvalue weighted by Crippen LogP contribution is 2.34. The van der Waals surface area contributed by atoms with Crippen molar-refractivity contribution in [2.24, 2.45) is 0 Å². The number of nitrogens with zero attached hydrogens (tertiary/aromatic N) is 1. The van der Waals surface area contributed by atoms with Crippen LogP contribution in [0.1, 0.15) is 72.1 Å². The van der Waals surface area contributed by atoms with Gasteiger partial charge in [-0.1, -0.05) is 33.8 Å². The number of aromatic amines is 1. The molecule has 0 atom stereocenters. The molecule has 1 aliphatic rings.